The van der Waals surface area contributed by atoms with E-state index < -0.39 is 10.0 Å². The summed E-state index contributed by atoms with van der Waals surface area (Å²) in [6, 6.07) is 10.9. The minimum atomic E-state index is -3.77. The van der Waals surface area contributed by atoms with Crippen molar-refractivity contribution in [2.75, 3.05) is 16.9 Å². The number of hydrogen-bond acceptors (Lipinski definition) is 8. The molecule has 0 unspecified atom stereocenters. The van der Waals surface area contributed by atoms with Crippen molar-refractivity contribution < 1.29 is 13.2 Å². The highest BCUT2D eigenvalue weighted by Gasteiger charge is 2.14. The van der Waals surface area contributed by atoms with Crippen LogP contribution >= 0.6 is 11.8 Å². The molecule has 0 fully saturated rings. The number of rotatable bonds is 6. The van der Waals surface area contributed by atoms with Gasteiger partial charge in [0.15, 0.2) is 0 Å². The number of carbonyl (C=O) groups excluding carboxylic acids is 1. The predicted octanol–water partition coefficient (Wildman–Crippen LogP) is 0.432. The molecule has 0 bridgehead atoms. The molecule has 12 heteroatoms. The number of primary sulfonamides is 1. The highest BCUT2D eigenvalue weighted by atomic mass is 32.2. The minimum Gasteiger partial charge on any atom is -0.335 e. The van der Waals surface area contributed by atoms with Crippen molar-refractivity contribution >= 4 is 33.4 Å². The monoisotopic (exact) mass is 405 g/mol. The van der Waals surface area contributed by atoms with Gasteiger partial charge in [0, 0.05) is 11.9 Å². The van der Waals surface area contributed by atoms with E-state index in [0.717, 1.165) is 11.8 Å². The lowest BCUT2D eigenvalue weighted by molar-refractivity contribution is -0.113. The highest BCUT2D eigenvalue weighted by Crippen LogP contribution is 2.20. The van der Waals surface area contributed by atoms with Crippen LogP contribution in [0.1, 0.15) is 0 Å². The van der Waals surface area contributed by atoms with Gasteiger partial charge in [-0.15, -0.1) is 10.2 Å². The Morgan fingerprint density at radius 2 is 1.89 bits per heavy atom. The molecule has 0 saturated heterocycles. The summed E-state index contributed by atoms with van der Waals surface area (Å²) in [5.74, 6) is 6.07. The molecular weight excluding hydrogens is 390 g/mol. The molecule has 10 nitrogen and oxygen atoms in total. The van der Waals surface area contributed by atoms with Gasteiger partial charge in [-0.2, -0.15) is 0 Å². The van der Waals surface area contributed by atoms with E-state index in [1.54, 1.807) is 24.4 Å². The first-order chi connectivity index (χ1) is 12.8. The Bertz CT molecular complexity index is 1050. The predicted molar refractivity (Wildman–Crippen MR) is 101 cm³/mol. The number of nitrogens with zero attached hydrogens (tertiary/aromatic N) is 4. The van der Waals surface area contributed by atoms with E-state index in [4.69, 9.17) is 11.0 Å². The second-order valence-electron chi connectivity index (χ2n) is 5.30. The van der Waals surface area contributed by atoms with Crippen molar-refractivity contribution in [3.05, 3.63) is 48.7 Å². The van der Waals surface area contributed by atoms with Crippen molar-refractivity contribution in [3.63, 3.8) is 0 Å². The molecule has 0 aliphatic carbocycles. The van der Waals surface area contributed by atoms with E-state index >= 15 is 0 Å². The summed E-state index contributed by atoms with van der Waals surface area (Å²) in [7, 11) is -3.77. The third kappa shape index (κ3) is 4.61. The van der Waals surface area contributed by atoms with Crippen LogP contribution in [-0.2, 0) is 14.8 Å². The summed E-state index contributed by atoms with van der Waals surface area (Å²) in [4.78, 5) is 16.2. The summed E-state index contributed by atoms with van der Waals surface area (Å²) in [6.45, 7) is 0. The first kappa shape index (κ1) is 18.8. The Kier molecular flexibility index (Phi) is 5.39. The third-order valence-electron chi connectivity index (χ3n) is 3.36. The Labute approximate surface area is 159 Å². The molecule has 1 amide bonds. The van der Waals surface area contributed by atoms with Gasteiger partial charge >= 0.3 is 0 Å². The Balaban J connectivity index is 1.61. The molecule has 2 aromatic heterocycles. The van der Waals surface area contributed by atoms with Crippen LogP contribution in [-0.4, -0.2) is 39.9 Å². The van der Waals surface area contributed by atoms with Crippen molar-refractivity contribution in [1.82, 2.24) is 19.9 Å². The van der Waals surface area contributed by atoms with Gasteiger partial charge in [0.25, 0.3) is 0 Å². The van der Waals surface area contributed by atoms with Crippen molar-refractivity contribution in [2.24, 2.45) is 5.14 Å². The third-order valence-corrected chi connectivity index (χ3v) is 5.23. The largest absolute Gasteiger partial charge is 0.335 e. The maximum Gasteiger partial charge on any atom is 0.238 e. The van der Waals surface area contributed by atoms with Gasteiger partial charge < -0.3 is 11.2 Å². The Morgan fingerprint density at radius 3 is 2.52 bits per heavy atom. The fourth-order valence-electron chi connectivity index (χ4n) is 2.10. The molecule has 0 aliphatic heterocycles. The first-order valence-corrected chi connectivity index (χ1v) is 10.1. The van der Waals surface area contributed by atoms with E-state index in [-0.39, 0.29) is 16.6 Å². The number of nitrogen functional groups attached to an aromatic ring is 1. The molecular formula is C15H15N7O3S2. The number of nitrogens with one attached hydrogen (secondary N) is 1. The molecule has 140 valence electrons. The molecule has 5 N–H and O–H groups in total. The van der Waals surface area contributed by atoms with Crippen LogP contribution in [0.2, 0.25) is 0 Å². The van der Waals surface area contributed by atoms with Gasteiger partial charge in [-0.1, -0.05) is 17.8 Å². The van der Waals surface area contributed by atoms with Crippen LogP contribution in [0.25, 0.3) is 11.5 Å². The number of nitrogens with two attached hydrogens (primary N) is 2. The van der Waals surface area contributed by atoms with Gasteiger partial charge in [-0.05, 0) is 36.4 Å². The van der Waals surface area contributed by atoms with Crippen molar-refractivity contribution in [2.45, 2.75) is 10.1 Å². The number of amides is 1. The first-order valence-electron chi connectivity index (χ1n) is 7.52. The maximum absolute atomic E-state index is 12.1. The fourth-order valence-corrected chi connectivity index (χ4v) is 3.27. The molecule has 0 aliphatic rings. The number of carbonyl (C=O) groups is 1. The summed E-state index contributed by atoms with van der Waals surface area (Å²) >= 11 is 1.11. The Hall–Kier alpha value is -2.96. The molecule has 27 heavy (non-hydrogen) atoms. The molecule has 2 heterocycles. The lowest BCUT2D eigenvalue weighted by atomic mass is 10.3. The minimum absolute atomic E-state index is 0.0341. The van der Waals surface area contributed by atoms with Crippen LogP contribution in [0.4, 0.5) is 5.69 Å². The normalized spacial score (nSPS) is 11.3. The number of anilines is 1. The standard InChI is InChI=1S/C15H15N7O3S2/c16-22-14(12-3-1-2-8-18-12)20-21-15(22)26-9-13(23)19-10-4-6-11(7-5-10)27(17,24)25/h1-8H,9,16H2,(H,19,23)(H2,17,24,25). The molecule has 3 aromatic rings. The summed E-state index contributed by atoms with van der Waals surface area (Å²) in [6.07, 6.45) is 1.62. The number of thioether (sulfide) groups is 1. The maximum atomic E-state index is 12.1. The zero-order chi connectivity index (χ0) is 19.4. The van der Waals surface area contributed by atoms with E-state index in [1.807, 2.05) is 0 Å². The van der Waals surface area contributed by atoms with E-state index in [0.29, 0.717) is 22.4 Å². The summed E-state index contributed by atoms with van der Waals surface area (Å²) in [5.41, 5.74) is 1.01. The van der Waals surface area contributed by atoms with Gasteiger partial charge in [0.05, 0.1) is 10.6 Å². The molecule has 0 atom stereocenters. The topological polar surface area (TPSA) is 159 Å². The zero-order valence-corrected chi connectivity index (χ0v) is 15.4. The second-order valence-corrected chi connectivity index (χ2v) is 7.80. The molecule has 0 radical (unpaired) electrons. The molecule has 0 saturated carbocycles. The Morgan fingerprint density at radius 1 is 1.15 bits per heavy atom. The number of benzene rings is 1. The van der Waals surface area contributed by atoms with E-state index in [2.05, 4.69) is 20.5 Å². The van der Waals surface area contributed by atoms with Gasteiger partial charge in [0.2, 0.25) is 26.9 Å². The van der Waals surface area contributed by atoms with Crippen molar-refractivity contribution in [1.29, 1.82) is 0 Å². The molecule has 3 rings (SSSR count). The van der Waals surface area contributed by atoms with Crippen LogP contribution in [0, 0.1) is 0 Å². The molecule has 0 spiro atoms. The average molecular weight is 405 g/mol. The quantitative estimate of drug-likeness (QED) is 0.393. The van der Waals surface area contributed by atoms with Gasteiger partial charge in [-0.3, -0.25) is 9.78 Å². The number of aromatic nitrogens is 4. The molecule has 1 aromatic carbocycles. The highest BCUT2D eigenvalue weighted by molar-refractivity contribution is 7.99. The summed E-state index contributed by atoms with van der Waals surface area (Å²) in [5, 5.41) is 16.0. The zero-order valence-electron chi connectivity index (χ0n) is 13.8. The average Bonchev–Trinajstić information content (AvgIpc) is 3.01. The van der Waals surface area contributed by atoms with E-state index in [9.17, 15) is 13.2 Å². The lowest BCUT2D eigenvalue weighted by Crippen LogP contribution is -2.17. The number of hydrogen-bond donors (Lipinski definition) is 3. The second kappa shape index (κ2) is 7.73. The van der Waals surface area contributed by atoms with Crippen LogP contribution in [0.15, 0.2) is 58.7 Å². The van der Waals surface area contributed by atoms with Gasteiger partial charge in [0.1, 0.15) is 5.69 Å². The van der Waals surface area contributed by atoms with Crippen molar-refractivity contribution in [3.8, 4) is 11.5 Å². The number of pyridine rings is 1. The van der Waals surface area contributed by atoms with Crippen LogP contribution in [0.3, 0.4) is 0 Å². The smallest absolute Gasteiger partial charge is 0.238 e. The summed E-state index contributed by atoms with van der Waals surface area (Å²) < 4.78 is 23.7. The fraction of sp³-hybridized carbons (Fsp3) is 0.0667. The van der Waals surface area contributed by atoms with Gasteiger partial charge in [-0.25, -0.2) is 18.2 Å². The van der Waals surface area contributed by atoms with Crippen LogP contribution in [0.5, 0.6) is 0 Å². The lowest BCUT2D eigenvalue weighted by Gasteiger charge is -2.06. The SMILES string of the molecule is Nn1c(SCC(=O)Nc2ccc(S(N)(=O)=O)cc2)nnc1-c1ccccn1. The van der Waals surface area contributed by atoms with E-state index in [1.165, 1.54) is 28.9 Å². The van der Waals surface area contributed by atoms with Crippen LogP contribution < -0.4 is 16.3 Å². The number of sulfonamides is 1.